The van der Waals surface area contributed by atoms with Crippen LogP contribution in [0.4, 0.5) is 0 Å². The number of amides is 7. The van der Waals surface area contributed by atoms with Crippen molar-refractivity contribution in [2.75, 3.05) is 13.1 Å². The first-order valence-electron chi connectivity index (χ1n) is 22.2. The van der Waals surface area contributed by atoms with E-state index in [1.54, 1.807) is 60.7 Å². The van der Waals surface area contributed by atoms with Gasteiger partial charge in [0.25, 0.3) is 0 Å². The molecule has 0 saturated carbocycles. The van der Waals surface area contributed by atoms with Gasteiger partial charge in [0.15, 0.2) is 0 Å². The lowest BCUT2D eigenvalue weighted by Gasteiger charge is -2.28. The summed E-state index contributed by atoms with van der Waals surface area (Å²) < 4.78 is 0. The summed E-state index contributed by atoms with van der Waals surface area (Å²) in [6.07, 6.45) is -0.873. The van der Waals surface area contributed by atoms with Crippen LogP contribution in [-0.2, 0) is 67.2 Å². The molecule has 0 bridgehead atoms. The Morgan fingerprint density at radius 3 is 1.73 bits per heavy atom. The number of imidazole rings is 1. The molecule has 0 aliphatic heterocycles. The Morgan fingerprint density at radius 2 is 1.17 bits per heavy atom. The van der Waals surface area contributed by atoms with Gasteiger partial charge in [-0.3, -0.25) is 43.2 Å². The third-order valence-corrected chi connectivity index (χ3v) is 10.5. The summed E-state index contributed by atoms with van der Waals surface area (Å²) in [6.45, 7) is 0.525. The number of hydrogen-bond acceptors (Lipinski definition) is 14. The van der Waals surface area contributed by atoms with E-state index in [4.69, 9.17) is 16.6 Å². The van der Waals surface area contributed by atoms with Gasteiger partial charge in [0, 0.05) is 31.2 Å². The number of carbonyl (C=O) groups excluding carboxylic acids is 7. The minimum absolute atomic E-state index is 0.00635. The zero-order valence-corrected chi connectivity index (χ0v) is 38.3. The van der Waals surface area contributed by atoms with Crippen molar-refractivity contribution in [2.24, 2.45) is 11.5 Å². The van der Waals surface area contributed by atoms with Gasteiger partial charge < -0.3 is 74.1 Å². The Morgan fingerprint density at radius 1 is 0.614 bits per heavy atom. The second kappa shape index (κ2) is 29.2. The molecule has 1 aromatic heterocycles. The number of aliphatic hydroxyl groups excluding tert-OH is 1. The molecule has 7 amide bonds. The molecule has 3 rings (SSSR count). The molecule has 16 N–H and O–H groups in total. The van der Waals surface area contributed by atoms with Crippen LogP contribution in [0.25, 0.3) is 0 Å². The summed E-state index contributed by atoms with van der Waals surface area (Å²) in [6, 6.07) is 6.88. The maximum Gasteiger partial charge on any atom is 0.326 e. The molecule has 2 aromatic carbocycles. The fourth-order valence-corrected chi connectivity index (χ4v) is 6.80. The van der Waals surface area contributed by atoms with Crippen molar-refractivity contribution in [3.8, 4) is 0 Å². The van der Waals surface area contributed by atoms with E-state index in [1.165, 1.54) is 12.5 Å². The maximum atomic E-state index is 13.9. The van der Waals surface area contributed by atoms with E-state index in [0.29, 0.717) is 12.0 Å². The monoisotopic (exact) mass is 979 g/mol. The lowest BCUT2D eigenvalue weighted by Crippen LogP contribution is -2.61. The molecular formula is C45H61N11O14. The summed E-state index contributed by atoms with van der Waals surface area (Å²) >= 11 is 0. The number of rotatable bonds is 31. The van der Waals surface area contributed by atoms with Crippen molar-refractivity contribution in [1.29, 1.82) is 0 Å². The molecule has 0 aliphatic carbocycles. The van der Waals surface area contributed by atoms with Crippen LogP contribution in [0, 0.1) is 0 Å². The molecule has 0 aliphatic rings. The standard InChI is InChI=1S/C45H61N11O14/c1-25(57)38(44(68)52-30(14-8-9-17-46)41(65)53-31(45(69)70)15-16-36(59)60)56-43(67)33(20-28-22-48-24-50-28)55-42(66)34(21-37(61)62)51-35(58)23-49-40(64)32(19-27-12-6-3-7-13-27)54-39(63)29(47)18-26-10-4-2-5-11-26/h2-7,10-13,22,24-25,29-34,38,57H,8-9,14-21,23,46-47H2,1H3,(H,48,50)(H,49,64)(H,51,58)(H,52,68)(H,53,65)(H,54,63)(H,55,66)(H,56,67)(H,59,60)(H,61,62)(H,69,70)/t25-,29+,30+,31+,32+,33+,34+,38+/m1/s1. The first-order chi connectivity index (χ1) is 33.3. The van der Waals surface area contributed by atoms with Gasteiger partial charge in [-0.05, 0) is 56.7 Å². The fourth-order valence-electron chi connectivity index (χ4n) is 6.80. The molecular weight excluding hydrogens is 919 g/mol. The number of carboxylic acids is 3. The largest absolute Gasteiger partial charge is 0.481 e. The van der Waals surface area contributed by atoms with E-state index in [1.807, 2.05) is 0 Å². The van der Waals surface area contributed by atoms with Crippen molar-refractivity contribution in [2.45, 2.75) is 113 Å². The summed E-state index contributed by atoms with van der Waals surface area (Å²) in [5, 5.41) is 55.4. The minimum Gasteiger partial charge on any atom is -0.481 e. The SMILES string of the molecule is C[C@@H](O)[C@H](NC(=O)[C@H](Cc1cnc[nH]1)NC(=O)[C@H](CC(=O)O)NC(=O)CNC(=O)[C@H](Cc1ccccc1)NC(=O)[C@@H](N)Cc1ccccc1)C(=O)N[C@@H](CCCCN)C(=O)N[C@@H](CCC(=O)O)C(=O)O. The topological polar surface area (TPSA) is 417 Å². The first-order valence-corrected chi connectivity index (χ1v) is 22.2. The van der Waals surface area contributed by atoms with Gasteiger partial charge in [0.1, 0.15) is 36.3 Å². The third-order valence-electron chi connectivity index (χ3n) is 10.5. The van der Waals surface area contributed by atoms with Gasteiger partial charge >= 0.3 is 17.9 Å². The number of H-pyrrole nitrogens is 1. The Labute approximate surface area is 401 Å². The zero-order chi connectivity index (χ0) is 51.8. The summed E-state index contributed by atoms with van der Waals surface area (Å²) in [7, 11) is 0. The molecule has 380 valence electrons. The number of nitrogens with one attached hydrogen (secondary N) is 8. The number of unbranched alkanes of at least 4 members (excludes halogenated alkanes) is 1. The number of aromatic nitrogens is 2. The van der Waals surface area contributed by atoms with Crippen molar-refractivity contribution in [1.82, 2.24) is 47.2 Å². The number of benzene rings is 2. The molecule has 25 heteroatoms. The number of aromatic amines is 1. The summed E-state index contributed by atoms with van der Waals surface area (Å²) in [4.78, 5) is 136. The fraction of sp³-hybridized carbons (Fsp3) is 0.444. The average Bonchev–Trinajstić information content (AvgIpc) is 3.83. The predicted molar refractivity (Wildman–Crippen MR) is 246 cm³/mol. The van der Waals surface area contributed by atoms with Crippen LogP contribution in [0.1, 0.15) is 62.3 Å². The predicted octanol–water partition coefficient (Wildman–Crippen LogP) is -3.28. The van der Waals surface area contributed by atoms with Crippen LogP contribution in [0.15, 0.2) is 73.2 Å². The van der Waals surface area contributed by atoms with Crippen molar-refractivity contribution in [3.05, 3.63) is 90.0 Å². The van der Waals surface area contributed by atoms with Crippen LogP contribution in [0.5, 0.6) is 0 Å². The maximum absolute atomic E-state index is 13.9. The highest BCUT2D eigenvalue weighted by molar-refractivity contribution is 5.98. The smallest absolute Gasteiger partial charge is 0.326 e. The van der Waals surface area contributed by atoms with E-state index >= 15 is 0 Å². The van der Waals surface area contributed by atoms with E-state index < -0.39 is 133 Å². The van der Waals surface area contributed by atoms with Gasteiger partial charge in [-0.1, -0.05) is 60.7 Å². The Hall–Kier alpha value is -7.77. The van der Waals surface area contributed by atoms with Gasteiger partial charge in [-0.15, -0.1) is 0 Å². The highest BCUT2D eigenvalue weighted by atomic mass is 16.4. The van der Waals surface area contributed by atoms with Gasteiger partial charge in [-0.25, -0.2) is 9.78 Å². The summed E-state index contributed by atoms with van der Waals surface area (Å²) in [5.41, 5.74) is 13.4. The molecule has 25 nitrogen and oxygen atoms in total. The second-order valence-corrected chi connectivity index (χ2v) is 16.2. The number of carboxylic acid groups (broad SMARTS) is 3. The third kappa shape index (κ3) is 20.2. The molecule has 0 radical (unpaired) electrons. The molecule has 70 heavy (non-hydrogen) atoms. The molecule has 0 spiro atoms. The lowest BCUT2D eigenvalue weighted by molar-refractivity contribution is -0.144. The number of nitrogens with zero attached hydrogens (tertiary/aromatic N) is 1. The van der Waals surface area contributed by atoms with Gasteiger partial charge in [-0.2, -0.15) is 0 Å². The molecule has 8 atom stereocenters. The summed E-state index contributed by atoms with van der Waals surface area (Å²) in [5.74, 6) is -11.4. The number of hydrogen-bond donors (Lipinski definition) is 14. The Bertz CT molecular complexity index is 2230. The number of nitrogens with two attached hydrogens (primary N) is 2. The van der Waals surface area contributed by atoms with Gasteiger partial charge in [0.2, 0.25) is 41.4 Å². The molecule has 3 aromatic rings. The van der Waals surface area contributed by atoms with E-state index in [0.717, 1.165) is 12.5 Å². The van der Waals surface area contributed by atoms with E-state index in [-0.39, 0.29) is 44.3 Å². The average molecular weight is 980 g/mol. The lowest BCUT2D eigenvalue weighted by atomic mass is 10.0. The van der Waals surface area contributed by atoms with Crippen LogP contribution in [0.2, 0.25) is 0 Å². The van der Waals surface area contributed by atoms with Crippen molar-refractivity contribution < 1.29 is 68.4 Å². The molecule has 0 fully saturated rings. The van der Waals surface area contributed by atoms with Crippen LogP contribution in [-0.4, -0.2) is 151 Å². The van der Waals surface area contributed by atoms with Crippen LogP contribution in [0.3, 0.4) is 0 Å². The highest BCUT2D eigenvalue weighted by Gasteiger charge is 2.35. The molecule has 0 unspecified atom stereocenters. The highest BCUT2D eigenvalue weighted by Crippen LogP contribution is 2.09. The van der Waals surface area contributed by atoms with Crippen LogP contribution >= 0.6 is 0 Å². The minimum atomic E-state index is -1.86. The molecule has 1 heterocycles. The second-order valence-electron chi connectivity index (χ2n) is 16.2. The van der Waals surface area contributed by atoms with E-state index in [2.05, 4.69) is 47.2 Å². The molecule has 0 saturated heterocycles. The van der Waals surface area contributed by atoms with Gasteiger partial charge in [0.05, 0.1) is 31.4 Å². The van der Waals surface area contributed by atoms with Crippen molar-refractivity contribution in [3.63, 3.8) is 0 Å². The quantitative estimate of drug-likeness (QED) is 0.0281. The number of aliphatic carboxylic acids is 3. The number of carbonyl (C=O) groups is 10. The van der Waals surface area contributed by atoms with Crippen LogP contribution < -0.4 is 48.7 Å². The number of aliphatic hydroxyl groups is 1. The van der Waals surface area contributed by atoms with E-state index in [9.17, 15) is 63.3 Å². The normalized spacial score (nSPS) is 14.3. The van der Waals surface area contributed by atoms with Crippen molar-refractivity contribution >= 4 is 59.3 Å². The first kappa shape index (κ1) is 56.6. The Balaban J connectivity index is 1.76. The zero-order valence-electron chi connectivity index (χ0n) is 38.3. The Kier molecular flexibility index (Phi) is 23.6.